The SMILES string of the molecule is CSc1nc2c(C#N)cnn2c(NCc2ccncc2)c1C#N. The average Bonchev–Trinajstić information content (AvgIpc) is 3.02. The Morgan fingerprint density at radius 3 is 2.70 bits per heavy atom. The van der Waals surface area contributed by atoms with Gasteiger partial charge in [-0.2, -0.15) is 20.1 Å². The minimum Gasteiger partial charge on any atom is -0.365 e. The molecule has 23 heavy (non-hydrogen) atoms. The lowest BCUT2D eigenvalue weighted by Crippen LogP contribution is -2.10. The predicted octanol–water partition coefficient (Wildman–Crippen LogP) is 2.20. The summed E-state index contributed by atoms with van der Waals surface area (Å²) in [4.78, 5) is 8.36. The molecule has 0 aliphatic rings. The van der Waals surface area contributed by atoms with E-state index in [1.807, 2.05) is 18.4 Å². The summed E-state index contributed by atoms with van der Waals surface area (Å²) in [5, 5.41) is 26.6. The third kappa shape index (κ3) is 2.68. The molecule has 0 amide bonds. The van der Waals surface area contributed by atoms with Crippen LogP contribution in [0, 0.1) is 22.7 Å². The normalized spacial score (nSPS) is 10.2. The summed E-state index contributed by atoms with van der Waals surface area (Å²) in [5.74, 6) is 0.528. The van der Waals surface area contributed by atoms with Crippen molar-refractivity contribution in [2.45, 2.75) is 11.6 Å². The summed E-state index contributed by atoms with van der Waals surface area (Å²) >= 11 is 1.36. The number of nitrogens with one attached hydrogen (secondary N) is 1. The lowest BCUT2D eigenvalue weighted by Gasteiger charge is -2.12. The fraction of sp³-hybridized carbons (Fsp3) is 0.133. The molecule has 0 aliphatic carbocycles. The number of hydrogen-bond acceptors (Lipinski definition) is 7. The molecule has 0 atom stereocenters. The minimum absolute atomic E-state index is 0.372. The lowest BCUT2D eigenvalue weighted by atomic mass is 10.2. The van der Waals surface area contributed by atoms with E-state index in [-0.39, 0.29) is 0 Å². The Hall–Kier alpha value is -3.10. The van der Waals surface area contributed by atoms with Gasteiger partial charge in [0, 0.05) is 18.9 Å². The van der Waals surface area contributed by atoms with Crippen LogP contribution in [0.1, 0.15) is 16.7 Å². The first kappa shape index (κ1) is 14.8. The third-order valence-corrected chi connectivity index (χ3v) is 3.93. The van der Waals surface area contributed by atoms with Crippen LogP contribution in [-0.4, -0.2) is 25.8 Å². The second kappa shape index (κ2) is 6.34. The molecular weight excluding hydrogens is 310 g/mol. The molecule has 0 radical (unpaired) electrons. The number of hydrogen-bond donors (Lipinski definition) is 1. The van der Waals surface area contributed by atoms with E-state index in [1.54, 1.807) is 12.4 Å². The fourth-order valence-electron chi connectivity index (χ4n) is 2.15. The van der Waals surface area contributed by atoms with Crippen molar-refractivity contribution in [3.05, 3.63) is 47.4 Å². The van der Waals surface area contributed by atoms with Crippen molar-refractivity contribution in [3.8, 4) is 12.1 Å². The Morgan fingerprint density at radius 2 is 2.04 bits per heavy atom. The average molecular weight is 321 g/mol. The largest absolute Gasteiger partial charge is 0.365 e. The smallest absolute Gasteiger partial charge is 0.176 e. The van der Waals surface area contributed by atoms with Gasteiger partial charge < -0.3 is 5.32 Å². The van der Waals surface area contributed by atoms with Gasteiger partial charge in [-0.3, -0.25) is 4.98 Å². The van der Waals surface area contributed by atoms with E-state index in [4.69, 9.17) is 0 Å². The van der Waals surface area contributed by atoms with Crippen LogP contribution in [0.2, 0.25) is 0 Å². The summed E-state index contributed by atoms with van der Waals surface area (Å²) in [6, 6.07) is 8.01. The number of aromatic nitrogens is 4. The number of pyridine rings is 1. The van der Waals surface area contributed by atoms with Crippen molar-refractivity contribution in [2.75, 3.05) is 11.6 Å². The summed E-state index contributed by atoms with van der Waals surface area (Å²) in [6.45, 7) is 0.506. The summed E-state index contributed by atoms with van der Waals surface area (Å²) in [5.41, 5.74) is 2.24. The van der Waals surface area contributed by atoms with E-state index in [9.17, 15) is 10.5 Å². The van der Waals surface area contributed by atoms with E-state index >= 15 is 0 Å². The van der Waals surface area contributed by atoms with Crippen LogP contribution in [0.5, 0.6) is 0 Å². The minimum atomic E-state index is 0.372. The van der Waals surface area contributed by atoms with Gasteiger partial charge in [0.2, 0.25) is 0 Å². The molecule has 3 aromatic heterocycles. The van der Waals surface area contributed by atoms with Gasteiger partial charge in [0.05, 0.1) is 6.20 Å². The highest BCUT2D eigenvalue weighted by Crippen LogP contribution is 2.27. The van der Waals surface area contributed by atoms with E-state index in [1.165, 1.54) is 22.5 Å². The Morgan fingerprint density at radius 1 is 1.26 bits per heavy atom. The quantitative estimate of drug-likeness (QED) is 0.580. The molecular formula is C15H11N7S. The van der Waals surface area contributed by atoms with E-state index < -0.39 is 0 Å². The molecule has 0 bridgehead atoms. The summed E-state index contributed by atoms with van der Waals surface area (Å²) in [7, 11) is 0. The molecule has 0 saturated heterocycles. The Kier molecular flexibility index (Phi) is 4.09. The van der Waals surface area contributed by atoms with Crippen LogP contribution in [0.15, 0.2) is 35.7 Å². The number of nitrogens with zero attached hydrogens (tertiary/aromatic N) is 6. The van der Waals surface area contributed by atoms with Crippen molar-refractivity contribution in [3.63, 3.8) is 0 Å². The zero-order chi connectivity index (χ0) is 16.2. The first-order valence-electron chi connectivity index (χ1n) is 6.67. The Balaban J connectivity index is 2.11. The number of nitriles is 2. The molecule has 1 N–H and O–H groups in total. The molecule has 8 heteroatoms. The summed E-state index contributed by atoms with van der Waals surface area (Å²) < 4.78 is 1.50. The molecule has 0 aliphatic heterocycles. The third-order valence-electron chi connectivity index (χ3n) is 3.25. The maximum absolute atomic E-state index is 9.49. The topological polar surface area (TPSA) is 103 Å². The highest BCUT2D eigenvalue weighted by molar-refractivity contribution is 7.98. The molecule has 3 heterocycles. The molecule has 0 saturated carbocycles. The Labute approximate surface area is 136 Å². The van der Waals surface area contributed by atoms with Crippen LogP contribution in [0.25, 0.3) is 5.65 Å². The second-order valence-electron chi connectivity index (χ2n) is 4.57. The van der Waals surface area contributed by atoms with Crippen molar-refractivity contribution in [1.29, 1.82) is 10.5 Å². The number of rotatable bonds is 4. The van der Waals surface area contributed by atoms with Crippen molar-refractivity contribution in [2.24, 2.45) is 0 Å². The molecule has 0 spiro atoms. The zero-order valence-corrected chi connectivity index (χ0v) is 13.0. The molecule has 3 rings (SSSR count). The molecule has 7 nitrogen and oxygen atoms in total. The van der Waals surface area contributed by atoms with Gasteiger partial charge in [-0.25, -0.2) is 4.98 Å². The van der Waals surface area contributed by atoms with E-state index in [2.05, 4.69) is 32.5 Å². The van der Waals surface area contributed by atoms with Crippen LogP contribution in [0.4, 0.5) is 5.82 Å². The first-order valence-corrected chi connectivity index (χ1v) is 7.89. The number of thioether (sulfide) groups is 1. The van der Waals surface area contributed by atoms with Gasteiger partial charge >= 0.3 is 0 Å². The van der Waals surface area contributed by atoms with Gasteiger partial charge in [-0.15, -0.1) is 11.8 Å². The van der Waals surface area contributed by atoms with Crippen molar-refractivity contribution >= 4 is 23.2 Å². The maximum Gasteiger partial charge on any atom is 0.176 e. The van der Waals surface area contributed by atoms with Crippen LogP contribution < -0.4 is 5.32 Å². The second-order valence-corrected chi connectivity index (χ2v) is 5.37. The van der Waals surface area contributed by atoms with Gasteiger partial charge in [-0.1, -0.05) is 0 Å². The monoisotopic (exact) mass is 321 g/mol. The van der Waals surface area contributed by atoms with E-state index in [0.29, 0.717) is 34.2 Å². The Bertz CT molecular complexity index is 934. The molecule has 0 unspecified atom stereocenters. The standard InChI is InChI=1S/C15H11N7S/c1-23-15-12(7-17)14(19-8-10-2-4-18-5-3-10)22-13(21-15)11(6-16)9-20-22/h2-5,9,19H,8H2,1H3. The highest BCUT2D eigenvalue weighted by atomic mass is 32.2. The van der Waals surface area contributed by atoms with Crippen molar-refractivity contribution in [1.82, 2.24) is 19.6 Å². The fourth-order valence-corrected chi connectivity index (χ4v) is 2.67. The van der Waals surface area contributed by atoms with E-state index in [0.717, 1.165) is 5.56 Å². The van der Waals surface area contributed by atoms with Crippen LogP contribution in [-0.2, 0) is 6.54 Å². The molecule has 0 fully saturated rings. The molecule has 0 aromatic carbocycles. The number of fused-ring (bicyclic) bond motifs is 1. The zero-order valence-electron chi connectivity index (χ0n) is 12.2. The molecule has 3 aromatic rings. The van der Waals surface area contributed by atoms with Crippen LogP contribution in [0.3, 0.4) is 0 Å². The van der Waals surface area contributed by atoms with Gasteiger partial charge in [-0.05, 0) is 24.0 Å². The van der Waals surface area contributed by atoms with Crippen LogP contribution >= 0.6 is 11.8 Å². The maximum atomic E-state index is 9.49. The first-order chi connectivity index (χ1) is 11.3. The molecule has 112 valence electrons. The number of anilines is 1. The van der Waals surface area contributed by atoms with Gasteiger partial charge in [0.15, 0.2) is 11.5 Å². The van der Waals surface area contributed by atoms with Gasteiger partial charge in [0.1, 0.15) is 28.3 Å². The highest BCUT2D eigenvalue weighted by Gasteiger charge is 2.18. The lowest BCUT2D eigenvalue weighted by molar-refractivity contribution is 0.897. The van der Waals surface area contributed by atoms with Crippen molar-refractivity contribution < 1.29 is 0 Å². The predicted molar refractivity (Wildman–Crippen MR) is 85.8 cm³/mol. The summed E-state index contributed by atoms with van der Waals surface area (Å²) in [6.07, 6.45) is 6.71. The van der Waals surface area contributed by atoms with Gasteiger partial charge in [0.25, 0.3) is 0 Å².